The zero-order valence-electron chi connectivity index (χ0n) is 22.1. The number of rotatable bonds is 10. The Kier molecular flexibility index (Phi) is 8.42. The molecule has 0 atom stereocenters. The molecule has 202 valence electrons. The Morgan fingerprint density at radius 2 is 1.67 bits per heavy atom. The summed E-state index contributed by atoms with van der Waals surface area (Å²) in [6.45, 7) is 4.68. The molecule has 39 heavy (non-hydrogen) atoms. The molecule has 5 rings (SSSR count). The van der Waals surface area contributed by atoms with Crippen molar-refractivity contribution < 1.29 is 14.0 Å². The Morgan fingerprint density at radius 3 is 2.33 bits per heavy atom. The normalized spacial score (nSPS) is 14.3. The first kappa shape index (κ1) is 26.3. The third kappa shape index (κ3) is 7.17. The molecule has 0 spiro atoms. The van der Waals surface area contributed by atoms with E-state index in [1.807, 2.05) is 61.5 Å². The first-order chi connectivity index (χ1) is 19.0. The number of piperidine rings is 1. The molecule has 2 aromatic heterocycles. The van der Waals surface area contributed by atoms with E-state index in [-0.39, 0.29) is 30.9 Å². The molecule has 2 aromatic carbocycles. The molecule has 4 aromatic rings. The van der Waals surface area contributed by atoms with Crippen LogP contribution in [0.4, 0.5) is 0 Å². The number of aryl methyl sites for hydroxylation is 1. The lowest BCUT2D eigenvalue weighted by molar-refractivity contribution is -0.140. The van der Waals surface area contributed by atoms with Crippen LogP contribution in [0.2, 0.25) is 0 Å². The Balaban J connectivity index is 1.23. The van der Waals surface area contributed by atoms with Crippen molar-refractivity contribution >= 4 is 11.8 Å². The fraction of sp³-hybridized carbons (Fsp3) is 0.345. The number of carbonyl (C=O) groups is 2. The van der Waals surface area contributed by atoms with Crippen LogP contribution in [0.15, 0.2) is 77.2 Å². The molecule has 1 fully saturated rings. The van der Waals surface area contributed by atoms with Crippen LogP contribution in [0.1, 0.15) is 29.7 Å². The smallest absolute Gasteiger partial charge is 0.246 e. The fourth-order valence-corrected chi connectivity index (χ4v) is 4.83. The number of benzene rings is 2. The van der Waals surface area contributed by atoms with Gasteiger partial charge in [0.25, 0.3) is 0 Å². The second-order valence-electron chi connectivity index (χ2n) is 9.83. The standard InChI is InChI=1S/C29H33N7O3/c1-22-12-13-26(39-22)29-31-33-36(32-29)21-28(38)35(20-27(37)30-18-23-8-4-2-5-9-23)25-14-16-34(17-15-25)19-24-10-6-3-7-11-24/h2-13,25H,14-21H2,1H3,(H,30,37). The van der Waals surface area contributed by atoms with E-state index in [1.165, 1.54) is 10.4 Å². The molecule has 1 saturated heterocycles. The van der Waals surface area contributed by atoms with Gasteiger partial charge in [-0.3, -0.25) is 14.5 Å². The van der Waals surface area contributed by atoms with Crippen molar-refractivity contribution in [3.8, 4) is 11.6 Å². The molecule has 0 unspecified atom stereocenters. The lowest BCUT2D eigenvalue weighted by Gasteiger charge is -2.38. The van der Waals surface area contributed by atoms with Crippen LogP contribution >= 0.6 is 0 Å². The lowest BCUT2D eigenvalue weighted by Crippen LogP contribution is -2.51. The van der Waals surface area contributed by atoms with Crippen molar-refractivity contribution in [2.75, 3.05) is 19.6 Å². The molecular formula is C29H33N7O3. The highest BCUT2D eigenvalue weighted by atomic mass is 16.3. The predicted molar refractivity (Wildman–Crippen MR) is 145 cm³/mol. The van der Waals surface area contributed by atoms with Gasteiger partial charge >= 0.3 is 0 Å². The number of nitrogens with zero attached hydrogens (tertiary/aromatic N) is 6. The van der Waals surface area contributed by atoms with Crippen molar-refractivity contribution in [2.24, 2.45) is 0 Å². The molecule has 2 amide bonds. The average Bonchev–Trinajstić information content (AvgIpc) is 3.61. The third-order valence-electron chi connectivity index (χ3n) is 6.90. The van der Waals surface area contributed by atoms with Crippen molar-refractivity contribution in [3.05, 3.63) is 89.7 Å². The molecular weight excluding hydrogens is 494 g/mol. The van der Waals surface area contributed by atoms with Gasteiger partial charge in [-0.2, -0.15) is 4.80 Å². The number of aromatic nitrogens is 4. The van der Waals surface area contributed by atoms with E-state index in [1.54, 1.807) is 11.0 Å². The summed E-state index contributed by atoms with van der Waals surface area (Å²) in [5.74, 6) is 1.14. The summed E-state index contributed by atoms with van der Waals surface area (Å²) in [5, 5.41) is 15.3. The summed E-state index contributed by atoms with van der Waals surface area (Å²) in [5.41, 5.74) is 2.27. The van der Waals surface area contributed by atoms with Crippen molar-refractivity contribution in [1.29, 1.82) is 0 Å². The van der Waals surface area contributed by atoms with Gasteiger partial charge in [-0.25, -0.2) is 0 Å². The number of nitrogens with one attached hydrogen (secondary N) is 1. The van der Waals surface area contributed by atoms with Gasteiger partial charge in [0.2, 0.25) is 17.6 Å². The largest absolute Gasteiger partial charge is 0.458 e. The van der Waals surface area contributed by atoms with Crippen LogP contribution in [0.3, 0.4) is 0 Å². The number of hydrogen-bond acceptors (Lipinski definition) is 7. The van der Waals surface area contributed by atoms with Gasteiger partial charge in [0.05, 0.1) is 6.54 Å². The van der Waals surface area contributed by atoms with Gasteiger partial charge < -0.3 is 14.6 Å². The molecule has 1 aliphatic heterocycles. The number of furan rings is 1. The van der Waals surface area contributed by atoms with E-state index in [2.05, 4.69) is 37.8 Å². The maximum absolute atomic E-state index is 13.5. The summed E-state index contributed by atoms with van der Waals surface area (Å²) in [7, 11) is 0. The van der Waals surface area contributed by atoms with E-state index >= 15 is 0 Å². The molecule has 0 radical (unpaired) electrons. The minimum atomic E-state index is -0.217. The maximum Gasteiger partial charge on any atom is 0.246 e. The molecule has 0 aliphatic carbocycles. The first-order valence-corrected chi connectivity index (χ1v) is 13.2. The van der Waals surface area contributed by atoms with E-state index in [9.17, 15) is 9.59 Å². The average molecular weight is 528 g/mol. The first-order valence-electron chi connectivity index (χ1n) is 13.2. The molecule has 1 N–H and O–H groups in total. The Labute approximate surface area is 227 Å². The van der Waals surface area contributed by atoms with E-state index < -0.39 is 0 Å². The highest BCUT2D eigenvalue weighted by Gasteiger charge is 2.30. The van der Waals surface area contributed by atoms with Crippen molar-refractivity contribution in [3.63, 3.8) is 0 Å². The Morgan fingerprint density at radius 1 is 0.974 bits per heavy atom. The van der Waals surface area contributed by atoms with E-state index in [0.717, 1.165) is 43.8 Å². The minimum Gasteiger partial charge on any atom is -0.458 e. The van der Waals surface area contributed by atoms with Crippen LogP contribution in [-0.2, 0) is 29.2 Å². The number of hydrogen-bond donors (Lipinski definition) is 1. The minimum absolute atomic E-state index is 0.0199. The maximum atomic E-state index is 13.5. The second-order valence-corrected chi connectivity index (χ2v) is 9.83. The zero-order chi connectivity index (χ0) is 27.0. The van der Waals surface area contributed by atoms with Gasteiger partial charge in [-0.15, -0.1) is 10.2 Å². The van der Waals surface area contributed by atoms with Crippen LogP contribution in [0.5, 0.6) is 0 Å². The highest BCUT2D eigenvalue weighted by Crippen LogP contribution is 2.20. The van der Waals surface area contributed by atoms with Crippen LogP contribution in [-0.4, -0.2) is 67.5 Å². The number of amides is 2. The second kappa shape index (κ2) is 12.5. The number of likely N-dealkylation sites (tertiary alicyclic amines) is 1. The van der Waals surface area contributed by atoms with Crippen LogP contribution < -0.4 is 5.32 Å². The Bertz CT molecular complexity index is 1360. The van der Waals surface area contributed by atoms with Gasteiger partial charge in [-0.1, -0.05) is 60.7 Å². The Hall–Kier alpha value is -4.31. The number of carbonyl (C=O) groups excluding carboxylic acids is 2. The zero-order valence-corrected chi connectivity index (χ0v) is 22.1. The monoisotopic (exact) mass is 527 g/mol. The summed E-state index contributed by atoms with van der Waals surface area (Å²) < 4.78 is 5.57. The van der Waals surface area contributed by atoms with Gasteiger partial charge in [0.1, 0.15) is 12.3 Å². The lowest BCUT2D eigenvalue weighted by atomic mass is 10.0. The van der Waals surface area contributed by atoms with Gasteiger partial charge in [0.15, 0.2) is 5.76 Å². The SMILES string of the molecule is Cc1ccc(-c2nnn(CC(=O)N(CC(=O)NCc3ccccc3)C3CCN(Cc4ccccc4)CC3)n2)o1. The summed E-state index contributed by atoms with van der Waals surface area (Å²) in [6.07, 6.45) is 1.57. The summed E-state index contributed by atoms with van der Waals surface area (Å²) in [6, 6.07) is 23.6. The summed E-state index contributed by atoms with van der Waals surface area (Å²) >= 11 is 0. The van der Waals surface area contributed by atoms with Gasteiger partial charge in [-0.05, 0) is 48.2 Å². The predicted octanol–water partition coefficient (Wildman–Crippen LogP) is 3.05. The van der Waals surface area contributed by atoms with Crippen LogP contribution in [0.25, 0.3) is 11.6 Å². The highest BCUT2D eigenvalue weighted by molar-refractivity contribution is 5.85. The summed E-state index contributed by atoms with van der Waals surface area (Å²) in [4.78, 5) is 31.8. The molecule has 0 saturated carbocycles. The molecule has 10 nitrogen and oxygen atoms in total. The topological polar surface area (TPSA) is 109 Å². The van der Waals surface area contributed by atoms with E-state index in [0.29, 0.717) is 18.1 Å². The van der Waals surface area contributed by atoms with Crippen molar-refractivity contribution in [2.45, 2.75) is 45.4 Å². The number of tetrazole rings is 1. The fourth-order valence-electron chi connectivity index (χ4n) is 4.83. The van der Waals surface area contributed by atoms with Crippen LogP contribution in [0, 0.1) is 6.92 Å². The van der Waals surface area contributed by atoms with Gasteiger partial charge in [0, 0.05) is 32.2 Å². The quantitative estimate of drug-likeness (QED) is 0.338. The molecule has 10 heteroatoms. The van der Waals surface area contributed by atoms with E-state index in [4.69, 9.17) is 4.42 Å². The third-order valence-corrected chi connectivity index (χ3v) is 6.90. The van der Waals surface area contributed by atoms with Crippen molar-refractivity contribution in [1.82, 2.24) is 35.3 Å². The molecule has 1 aliphatic rings. The molecule has 3 heterocycles. The molecule has 0 bridgehead atoms.